The van der Waals surface area contributed by atoms with Gasteiger partial charge in [0.15, 0.2) is 0 Å². The fourth-order valence-corrected chi connectivity index (χ4v) is 2.51. The molecule has 1 rings (SSSR count). The summed E-state index contributed by atoms with van der Waals surface area (Å²) in [6.07, 6.45) is 0.335. The third-order valence-electron chi connectivity index (χ3n) is 2.04. The number of aliphatic hydroxyl groups is 1. The average molecular weight is 309 g/mol. The molecular formula is C11H14Cl2N2O2S. The van der Waals surface area contributed by atoms with Gasteiger partial charge in [0.25, 0.3) is 0 Å². The van der Waals surface area contributed by atoms with Crippen molar-refractivity contribution in [3.05, 3.63) is 22.2 Å². The van der Waals surface area contributed by atoms with Gasteiger partial charge in [-0.15, -0.1) is 0 Å². The molecule has 7 heteroatoms. The molecule has 0 aliphatic heterocycles. The Balaban J connectivity index is 2.54. The van der Waals surface area contributed by atoms with Crippen LogP contribution in [0.5, 0.6) is 0 Å². The number of thioether (sulfide) groups is 1. The van der Waals surface area contributed by atoms with Gasteiger partial charge in [0.2, 0.25) is 5.91 Å². The smallest absolute Gasteiger partial charge is 0.225 e. The van der Waals surface area contributed by atoms with Crippen LogP contribution in [0.15, 0.2) is 12.1 Å². The van der Waals surface area contributed by atoms with Crippen LogP contribution in [0.3, 0.4) is 0 Å². The van der Waals surface area contributed by atoms with Crippen LogP contribution in [0.25, 0.3) is 0 Å². The maximum absolute atomic E-state index is 11.6. The molecule has 4 N–H and O–H groups in total. The fourth-order valence-electron chi connectivity index (χ4n) is 1.25. The highest BCUT2D eigenvalue weighted by Crippen LogP contribution is 2.32. The van der Waals surface area contributed by atoms with E-state index in [1.165, 1.54) is 23.9 Å². The van der Waals surface area contributed by atoms with E-state index in [4.69, 9.17) is 34.0 Å². The van der Waals surface area contributed by atoms with Crippen molar-refractivity contribution < 1.29 is 9.90 Å². The maximum Gasteiger partial charge on any atom is 0.225 e. The number of nitrogens with two attached hydrogens (primary N) is 1. The van der Waals surface area contributed by atoms with E-state index in [0.29, 0.717) is 39.3 Å². The summed E-state index contributed by atoms with van der Waals surface area (Å²) in [7, 11) is 0. The molecule has 0 aromatic heterocycles. The van der Waals surface area contributed by atoms with E-state index >= 15 is 0 Å². The minimum Gasteiger partial charge on any atom is -0.399 e. The van der Waals surface area contributed by atoms with Crippen LogP contribution in [0.4, 0.5) is 11.4 Å². The number of halogens is 2. The molecular weight excluding hydrogens is 295 g/mol. The van der Waals surface area contributed by atoms with Gasteiger partial charge in [-0.25, -0.2) is 0 Å². The number of amides is 1. The third kappa shape index (κ3) is 4.94. The fraction of sp³-hybridized carbons (Fsp3) is 0.364. The summed E-state index contributed by atoms with van der Waals surface area (Å²) < 4.78 is 0. The van der Waals surface area contributed by atoms with Gasteiger partial charge in [0, 0.05) is 23.6 Å². The molecule has 1 amide bonds. The first-order valence-corrected chi connectivity index (χ1v) is 7.18. The van der Waals surface area contributed by atoms with Gasteiger partial charge < -0.3 is 16.2 Å². The Bertz CT molecular complexity index is 406. The van der Waals surface area contributed by atoms with E-state index in [2.05, 4.69) is 5.32 Å². The lowest BCUT2D eigenvalue weighted by Crippen LogP contribution is -2.13. The van der Waals surface area contributed by atoms with Gasteiger partial charge in [0.1, 0.15) is 0 Å². The number of rotatable bonds is 6. The van der Waals surface area contributed by atoms with Gasteiger partial charge >= 0.3 is 0 Å². The summed E-state index contributed by atoms with van der Waals surface area (Å²) in [5, 5.41) is 11.9. The maximum atomic E-state index is 11.6. The summed E-state index contributed by atoms with van der Waals surface area (Å²) in [4.78, 5) is 11.6. The first kappa shape index (κ1) is 15.4. The molecule has 0 atom stereocenters. The van der Waals surface area contributed by atoms with Gasteiger partial charge in [-0.2, -0.15) is 11.8 Å². The Kier molecular flexibility index (Phi) is 6.63. The molecule has 0 bridgehead atoms. The molecule has 0 heterocycles. The summed E-state index contributed by atoms with van der Waals surface area (Å²) in [6, 6.07) is 3.06. The SMILES string of the molecule is Nc1cc(Cl)c(NC(=O)CCSCCO)c(Cl)c1. The lowest BCUT2D eigenvalue weighted by molar-refractivity contribution is -0.115. The lowest BCUT2D eigenvalue weighted by atomic mass is 10.2. The second-order valence-electron chi connectivity index (χ2n) is 3.49. The minimum atomic E-state index is -0.172. The van der Waals surface area contributed by atoms with Crippen molar-refractivity contribution in [2.75, 3.05) is 29.2 Å². The van der Waals surface area contributed by atoms with Gasteiger partial charge in [-0.1, -0.05) is 23.2 Å². The monoisotopic (exact) mass is 308 g/mol. The van der Waals surface area contributed by atoms with Crippen LogP contribution in [0, 0.1) is 0 Å². The highest BCUT2D eigenvalue weighted by molar-refractivity contribution is 7.99. The van der Waals surface area contributed by atoms with Crippen molar-refractivity contribution in [2.45, 2.75) is 6.42 Å². The molecule has 0 saturated carbocycles. The van der Waals surface area contributed by atoms with Crippen LogP contribution in [-0.2, 0) is 4.79 Å². The summed E-state index contributed by atoms with van der Waals surface area (Å²) in [5.74, 6) is 1.08. The average Bonchev–Trinajstić information content (AvgIpc) is 2.29. The number of hydrogen-bond acceptors (Lipinski definition) is 4. The predicted octanol–water partition coefficient (Wildman–Crippen LogP) is 2.63. The quantitative estimate of drug-likeness (QED) is 0.558. The molecule has 0 aliphatic rings. The Labute approximate surface area is 120 Å². The number of carbonyl (C=O) groups excluding carboxylic acids is 1. The number of nitrogen functional groups attached to an aromatic ring is 1. The van der Waals surface area contributed by atoms with E-state index in [0.717, 1.165) is 0 Å². The van der Waals surface area contributed by atoms with Crippen LogP contribution >= 0.6 is 35.0 Å². The van der Waals surface area contributed by atoms with E-state index in [1.54, 1.807) is 0 Å². The van der Waals surface area contributed by atoms with E-state index < -0.39 is 0 Å². The molecule has 0 unspecified atom stereocenters. The number of hydrogen-bond donors (Lipinski definition) is 3. The summed E-state index contributed by atoms with van der Waals surface area (Å²) in [6.45, 7) is 0.113. The van der Waals surface area contributed by atoms with Crippen LogP contribution in [0.1, 0.15) is 6.42 Å². The second kappa shape index (κ2) is 7.74. The van der Waals surface area contributed by atoms with Crippen LogP contribution in [-0.4, -0.2) is 29.1 Å². The highest BCUT2D eigenvalue weighted by atomic mass is 35.5. The molecule has 0 fully saturated rings. The van der Waals surface area contributed by atoms with Crippen LogP contribution < -0.4 is 11.1 Å². The molecule has 1 aromatic rings. The second-order valence-corrected chi connectivity index (χ2v) is 5.53. The van der Waals surface area contributed by atoms with Crippen molar-refractivity contribution in [1.82, 2.24) is 0 Å². The number of anilines is 2. The molecule has 0 spiro atoms. The molecule has 4 nitrogen and oxygen atoms in total. The lowest BCUT2D eigenvalue weighted by Gasteiger charge is -2.10. The van der Waals surface area contributed by atoms with Gasteiger partial charge in [0.05, 0.1) is 22.3 Å². The van der Waals surface area contributed by atoms with Gasteiger partial charge in [-0.05, 0) is 12.1 Å². The third-order valence-corrected chi connectivity index (χ3v) is 3.60. The topological polar surface area (TPSA) is 75.3 Å². The first-order chi connectivity index (χ1) is 8.54. The van der Waals surface area contributed by atoms with Crippen molar-refractivity contribution in [2.24, 2.45) is 0 Å². The molecule has 18 heavy (non-hydrogen) atoms. The van der Waals surface area contributed by atoms with Crippen molar-refractivity contribution in [1.29, 1.82) is 0 Å². The normalized spacial score (nSPS) is 10.4. The van der Waals surface area contributed by atoms with E-state index in [-0.39, 0.29) is 12.5 Å². The van der Waals surface area contributed by atoms with Crippen molar-refractivity contribution in [3.63, 3.8) is 0 Å². The largest absolute Gasteiger partial charge is 0.399 e. The zero-order valence-electron chi connectivity index (χ0n) is 9.58. The van der Waals surface area contributed by atoms with Crippen molar-refractivity contribution >= 4 is 52.2 Å². The molecule has 1 aromatic carbocycles. The Morgan fingerprint density at radius 1 is 1.33 bits per heavy atom. The van der Waals surface area contributed by atoms with Gasteiger partial charge in [-0.3, -0.25) is 4.79 Å². The first-order valence-electron chi connectivity index (χ1n) is 5.27. The molecule has 0 aliphatic carbocycles. The predicted molar refractivity (Wildman–Crippen MR) is 78.5 cm³/mol. The summed E-state index contributed by atoms with van der Waals surface area (Å²) in [5.41, 5.74) is 6.39. The number of benzene rings is 1. The number of carbonyl (C=O) groups is 1. The Hall–Kier alpha value is -0.620. The summed E-state index contributed by atoms with van der Waals surface area (Å²) >= 11 is 13.4. The number of aliphatic hydroxyl groups excluding tert-OH is 1. The minimum absolute atomic E-state index is 0.113. The number of nitrogens with one attached hydrogen (secondary N) is 1. The molecule has 100 valence electrons. The Morgan fingerprint density at radius 2 is 1.94 bits per heavy atom. The molecule has 0 saturated heterocycles. The van der Waals surface area contributed by atoms with E-state index in [9.17, 15) is 4.79 Å². The van der Waals surface area contributed by atoms with E-state index in [1.807, 2.05) is 0 Å². The standard InChI is InChI=1S/C11H14Cl2N2O2S/c12-8-5-7(14)6-9(13)11(8)15-10(17)1-3-18-4-2-16/h5-6,16H,1-4,14H2,(H,15,17). The zero-order valence-corrected chi connectivity index (χ0v) is 11.9. The van der Waals surface area contributed by atoms with Crippen molar-refractivity contribution in [3.8, 4) is 0 Å². The highest BCUT2D eigenvalue weighted by Gasteiger charge is 2.10. The Morgan fingerprint density at radius 3 is 2.50 bits per heavy atom. The van der Waals surface area contributed by atoms with Crippen LogP contribution in [0.2, 0.25) is 10.0 Å². The molecule has 0 radical (unpaired) electrons. The zero-order chi connectivity index (χ0) is 13.5.